The minimum absolute atomic E-state index is 0.689. The molecule has 1 aliphatic rings. The molecule has 0 aliphatic carbocycles. The molecule has 0 amide bonds. The van der Waals surface area contributed by atoms with Crippen LogP contribution >= 0.6 is 0 Å². The molecule has 0 bridgehead atoms. The minimum Gasteiger partial charge on any atom is -0.316 e. The third-order valence-electron chi connectivity index (χ3n) is 3.67. The van der Waals surface area contributed by atoms with Crippen molar-refractivity contribution < 1.29 is 0 Å². The largest absolute Gasteiger partial charge is 0.316 e. The molecule has 0 aromatic carbocycles. The first-order chi connectivity index (χ1) is 9.42. The molecule has 0 spiro atoms. The topological polar surface area (TPSA) is 55.6 Å². The highest BCUT2D eigenvalue weighted by Crippen LogP contribution is 2.15. The summed E-state index contributed by atoms with van der Waals surface area (Å²) in [6.07, 6.45) is 9.04. The van der Waals surface area contributed by atoms with Gasteiger partial charge in [-0.15, -0.1) is 10.2 Å². The molecule has 2 aromatic heterocycles. The summed E-state index contributed by atoms with van der Waals surface area (Å²) in [5.74, 6) is 1.78. The van der Waals surface area contributed by atoms with Crippen molar-refractivity contribution in [2.45, 2.75) is 25.8 Å². The monoisotopic (exact) mass is 257 g/mol. The first-order valence-corrected chi connectivity index (χ1v) is 6.88. The summed E-state index contributed by atoms with van der Waals surface area (Å²) in [4.78, 5) is 4.04. The fourth-order valence-corrected chi connectivity index (χ4v) is 2.61. The van der Waals surface area contributed by atoms with Gasteiger partial charge in [-0.05, 0) is 49.5 Å². The minimum atomic E-state index is 0.689. The fraction of sp³-hybridized carbons (Fsp3) is 0.500. The predicted octanol–water partition coefficient (Wildman–Crippen LogP) is 1.26. The fourth-order valence-electron chi connectivity index (χ4n) is 2.61. The van der Waals surface area contributed by atoms with E-state index in [-0.39, 0.29) is 0 Å². The molecule has 3 rings (SSSR count). The molecular weight excluding hydrogens is 238 g/mol. The molecule has 1 saturated heterocycles. The van der Waals surface area contributed by atoms with Gasteiger partial charge in [0.2, 0.25) is 0 Å². The van der Waals surface area contributed by atoms with Gasteiger partial charge in [-0.1, -0.05) is 0 Å². The number of nitrogens with zero attached hydrogens (tertiary/aromatic N) is 4. The van der Waals surface area contributed by atoms with Gasteiger partial charge >= 0.3 is 0 Å². The Morgan fingerprint density at radius 2 is 2.21 bits per heavy atom. The van der Waals surface area contributed by atoms with Crippen LogP contribution in [0.5, 0.6) is 0 Å². The van der Waals surface area contributed by atoms with E-state index in [9.17, 15) is 0 Å². The Labute approximate surface area is 113 Å². The van der Waals surface area contributed by atoms with Crippen molar-refractivity contribution in [3.05, 3.63) is 42.2 Å². The predicted molar refractivity (Wildman–Crippen MR) is 72.7 cm³/mol. The van der Waals surface area contributed by atoms with Crippen LogP contribution in [0, 0.1) is 5.92 Å². The zero-order valence-electron chi connectivity index (χ0n) is 11.0. The first kappa shape index (κ1) is 12.3. The summed E-state index contributed by atoms with van der Waals surface area (Å²) < 4.78 is 2.14. The summed E-state index contributed by atoms with van der Waals surface area (Å²) in [6.45, 7) is 3.08. The maximum Gasteiger partial charge on any atom is 0.133 e. The highest BCUT2D eigenvalue weighted by molar-refractivity contribution is 5.11. The summed E-state index contributed by atoms with van der Waals surface area (Å²) in [7, 11) is 0. The van der Waals surface area contributed by atoms with Gasteiger partial charge in [0.15, 0.2) is 0 Å². The van der Waals surface area contributed by atoms with Crippen LogP contribution in [-0.4, -0.2) is 32.8 Å². The average Bonchev–Trinajstić information content (AvgIpc) is 2.88. The van der Waals surface area contributed by atoms with E-state index in [4.69, 9.17) is 0 Å². The van der Waals surface area contributed by atoms with Gasteiger partial charge in [0.05, 0.1) is 6.54 Å². The maximum atomic E-state index is 4.28. The van der Waals surface area contributed by atoms with E-state index in [1.807, 2.05) is 30.9 Å². The third kappa shape index (κ3) is 3.17. The van der Waals surface area contributed by atoms with Gasteiger partial charge in [0.25, 0.3) is 0 Å². The van der Waals surface area contributed by atoms with Crippen molar-refractivity contribution >= 4 is 0 Å². The van der Waals surface area contributed by atoms with E-state index in [1.165, 1.54) is 18.4 Å². The van der Waals surface area contributed by atoms with E-state index in [2.05, 4.69) is 25.1 Å². The summed E-state index contributed by atoms with van der Waals surface area (Å²) in [6, 6.07) is 4.07. The smallest absolute Gasteiger partial charge is 0.133 e. The molecule has 1 atom stereocenters. The maximum absolute atomic E-state index is 4.28. The third-order valence-corrected chi connectivity index (χ3v) is 3.67. The van der Waals surface area contributed by atoms with Crippen LogP contribution < -0.4 is 5.32 Å². The van der Waals surface area contributed by atoms with Gasteiger partial charge in [-0.3, -0.25) is 4.98 Å². The van der Waals surface area contributed by atoms with Crippen molar-refractivity contribution in [2.24, 2.45) is 5.92 Å². The number of nitrogens with one attached hydrogen (secondary N) is 1. The molecule has 5 heteroatoms. The van der Waals surface area contributed by atoms with E-state index >= 15 is 0 Å². The lowest BCUT2D eigenvalue weighted by Gasteiger charge is -2.22. The second-order valence-electron chi connectivity index (χ2n) is 5.15. The van der Waals surface area contributed by atoms with Crippen LogP contribution in [0.3, 0.4) is 0 Å². The normalized spacial score (nSPS) is 19.5. The SMILES string of the molecule is c1cc(Cn2cnnc2CC2CCCNC2)ccn1. The molecule has 100 valence electrons. The van der Waals surface area contributed by atoms with Crippen LogP contribution in [0.4, 0.5) is 0 Å². The number of hydrogen-bond donors (Lipinski definition) is 1. The molecule has 1 unspecified atom stereocenters. The lowest BCUT2D eigenvalue weighted by Crippen LogP contribution is -2.31. The molecule has 0 radical (unpaired) electrons. The van der Waals surface area contributed by atoms with Gasteiger partial charge < -0.3 is 9.88 Å². The zero-order chi connectivity index (χ0) is 12.9. The lowest BCUT2D eigenvalue weighted by molar-refractivity contribution is 0.367. The highest BCUT2D eigenvalue weighted by atomic mass is 15.3. The second kappa shape index (κ2) is 5.93. The molecule has 3 heterocycles. The molecule has 19 heavy (non-hydrogen) atoms. The van der Waals surface area contributed by atoms with E-state index in [1.54, 1.807) is 0 Å². The van der Waals surface area contributed by atoms with Crippen LogP contribution in [0.2, 0.25) is 0 Å². The molecule has 1 N–H and O–H groups in total. The highest BCUT2D eigenvalue weighted by Gasteiger charge is 2.16. The number of pyridine rings is 1. The van der Waals surface area contributed by atoms with Crippen LogP contribution in [0.15, 0.2) is 30.9 Å². The van der Waals surface area contributed by atoms with Gasteiger partial charge in [0.1, 0.15) is 12.2 Å². The van der Waals surface area contributed by atoms with E-state index in [0.29, 0.717) is 5.92 Å². The van der Waals surface area contributed by atoms with Crippen LogP contribution in [0.1, 0.15) is 24.2 Å². The molecule has 0 saturated carbocycles. The number of aromatic nitrogens is 4. The number of hydrogen-bond acceptors (Lipinski definition) is 4. The van der Waals surface area contributed by atoms with Gasteiger partial charge in [-0.25, -0.2) is 0 Å². The summed E-state index contributed by atoms with van der Waals surface area (Å²) >= 11 is 0. The second-order valence-corrected chi connectivity index (χ2v) is 5.15. The molecule has 1 aliphatic heterocycles. The Hall–Kier alpha value is -1.75. The molecular formula is C14H19N5. The standard InChI is InChI=1S/C14H19N5/c1-2-13(9-16-5-1)8-14-18-17-11-19(14)10-12-3-6-15-7-4-12/h3-4,6-7,11,13,16H,1-2,5,8-10H2. The Kier molecular flexibility index (Phi) is 3.83. The van der Waals surface area contributed by atoms with Crippen LogP contribution in [-0.2, 0) is 13.0 Å². The Morgan fingerprint density at radius 1 is 1.32 bits per heavy atom. The first-order valence-electron chi connectivity index (χ1n) is 6.88. The Bertz CT molecular complexity index is 502. The average molecular weight is 257 g/mol. The van der Waals surface area contributed by atoms with Crippen molar-refractivity contribution in [3.63, 3.8) is 0 Å². The Morgan fingerprint density at radius 3 is 3.00 bits per heavy atom. The number of rotatable bonds is 4. The summed E-state index contributed by atoms with van der Waals surface area (Å²) in [5.41, 5.74) is 1.23. The molecule has 2 aromatic rings. The Balaban J connectivity index is 1.68. The van der Waals surface area contributed by atoms with E-state index in [0.717, 1.165) is 31.9 Å². The molecule has 5 nitrogen and oxygen atoms in total. The quantitative estimate of drug-likeness (QED) is 0.896. The van der Waals surface area contributed by atoms with E-state index < -0.39 is 0 Å². The van der Waals surface area contributed by atoms with Crippen molar-refractivity contribution in [1.29, 1.82) is 0 Å². The van der Waals surface area contributed by atoms with Crippen LogP contribution in [0.25, 0.3) is 0 Å². The van der Waals surface area contributed by atoms with Gasteiger partial charge in [0, 0.05) is 18.8 Å². The van der Waals surface area contributed by atoms with Gasteiger partial charge in [-0.2, -0.15) is 0 Å². The van der Waals surface area contributed by atoms with Crippen molar-refractivity contribution in [1.82, 2.24) is 25.1 Å². The number of piperidine rings is 1. The van der Waals surface area contributed by atoms with Crippen molar-refractivity contribution in [2.75, 3.05) is 13.1 Å². The lowest BCUT2D eigenvalue weighted by atomic mass is 9.96. The summed E-state index contributed by atoms with van der Waals surface area (Å²) in [5, 5.41) is 11.8. The van der Waals surface area contributed by atoms with Crippen molar-refractivity contribution in [3.8, 4) is 0 Å². The zero-order valence-corrected chi connectivity index (χ0v) is 11.0. The molecule has 1 fully saturated rings.